The van der Waals surface area contributed by atoms with Crippen LogP contribution < -0.4 is 5.32 Å². The number of aliphatic carboxylic acids is 1. The maximum Gasteiger partial charge on any atom is 0.394 e. The molecule has 1 aromatic rings. The number of fused-ring (bicyclic) bond motifs is 1. The molecular formula is C15H15F3N2O3S. The molecule has 24 heavy (non-hydrogen) atoms. The van der Waals surface area contributed by atoms with Crippen LogP contribution in [0, 0.1) is 11.8 Å². The Morgan fingerprint density at radius 3 is 2.58 bits per heavy atom. The molecule has 2 N–H and O–H groups in total. The van der Waals surface area contributed by atoms with E-state index >= 15 is 0 Å². The Balaban J connectivity index is 1.69. The lowest BCUT2D eigenvalue weighted by molar-refractivity contribution is -0.187. The molecule has 0 bridgehead atoms. The van der Waals surface area contributed by atoms with Gasteiger partial charge in [-0.15, -0.1) is 11.8 Å². The topological polar surface area (TPSA) is 69.6 Å². The van der Waals surface area contributed by atoms with Gasteiger partial charge in [0.05, 0.1) is 17.9 Å². The average Bonchev–Trinajstić information content (AvgIpc) is 3.11. The number of likely N-dealkylation sites (tertiary alicyclic amines) is 1. The number of carboxylic acid groups (broad SMARTS) is 1. The van der Waals surface area contributed by atoms with Crippen LogP contribution in [-0.4, -0.2) is 47.0 Å². The van der Waals surface area contributed by atoms with Crippen LogP contribution in [0.4, 0.5) is 18.0 Å². The molecule has 0 radical (unpaired) electrons. The van der Waals surface area contributed by atoms with Crippen LogP contribution in [0.1, 0.15) is 11.6 Å². The van der Waals surface area contributed by atoms with Crippen molar-refractivity contribution in [3.63, 3.8) is 0 Å². The van der Waals surface area contributed by atoms with Gasteiger partial charge in [-0.2, -0.15) is 13.2 Å². The molecule has 1 saturated heterocycles. The van der Waals surface area contributed by atoms with Gasteiger partial charge in [0.2, 0.25) is 0 Å². The number of amides is 2. The second-order valence-corrected chi connectivity index (χ2v) is 6.91. The summed E-state index contributed by atoms with van der Waals surface area (Å²) in [6.45, 7) is -1.07. The Kier molecular flexibility index (Phi) is 4.37. The largest absolute Gasteiger partial charge is 0.481 e. The lowest BCUT2D eigenvalue weighted by atomic mass is 9.96. The van der Waals surface area contributed by atoms with Crippen molar-refractivity contribution in [2.45, 2.75) is 17.1 Å². The Bertz CT molecular complexity index is 668. The van der Waals surface area contributed by atoms with Gasteiger partial charge in [-0.3, -0.25) is 4.79 Å². The van der Waals surface area contributed by atoms with Gasteiger partial charge in [0.1, 0.15) is 0 Å². The van der Waals surface area contributed by atoms with Gasteiger partial charge in [-0.05, 0) is 11.6 Å². The number of hydrogen-bond donors (Lipinski definition) is 2. The van der Waals surface area contributed by atoms with Crippen molar-refractivity contribution in [2.24, 2.45) is 11.8 Å². The van der Waals surface area contributed by atoms with Gasteiger partial charge in [0, 0.05) is 23.7 Å². The second-order valence-electron chi connectivity index (χ2n) is 5.85. The smallest absolute Gasteiger partial charge is 0.394 e. The summed E-state index contributed by atoms with van der Waals surface area (Å²) in [6, 6.07) is 6.55. The van der Waals surface area contributed by atoms with Crippen molar-refractivity contribution < 1.29 is 27.9 Å². The van der Waals surface area contributed by atoms with Crippen molar-refractivity contribution in [1.29, 1.82) is 0 Å². The normalized spacial score (nSPS) is 26.3. The third kappa shape index (κ3) is 3.17. The van der Waals surface area contributed by atoms with Gasteiger partial charge >= 0.3 is 18.2 Å². The molecule has 0 saturated carbocycles. The van der Waals surface area contributed by atoms with E-state index in [0.29, 0.717) is 5.75 Å². The highest BCUT2D eigenvalue weighted by molar-refractivity contribution is 7.99. The molecule has 3 atom stereocenters. The van der Waals surface area contributed by atoms with Gasteiger partial charge in [-0.1, -0.05) is 18.2 Å². The maximum absolute atomic E-state index is 13.0. The summed E-state index contributed by atoms with van der Waals surface area (Å²) < 4.78 is 39.0. The van der Waals surface area contributed by atoms with E-state index in [2.05, 4.69) is 5.32 Å². The molecular weight excluding hydrogens is 345 g/mol. The van der Waals surface area contributed by atoms with E-state index in [-0.39, 0.29) is 6.04 Å². The molecule has 3 rings (SSSR count). The molecule has 2 heterocycles. The van der Waals surface area contributed by atoms with Crippen molar-refractivity contribution in [2.75, 3.05) is 18.8 Å². The predicted octanol–water partition coefficient (Wildman–Crippen LogP) is 2.74. The number of carbonyl (C=O) groups is 2. The lowest BCUT2D eigenvalue weighted by Crippen LogP contribution is -2.41. The Morgan fingerprint density at radius 2 is 1.96 bits per heavy atom. The quantitative estimate of drug-likeness (QED) is 0.851. The number of thioether (sulfide) groups is 1. The zero-order valence-corrected chi connectivity index (χ0v) is 13.2. The minimum Gasteiger partial charge on any atom is -0.481 e. The Labute approximate surface area is 140 Å². The number of alkyl halides is 3. The maximum atomic E-state index is 13.0. The summed E-state index contributed by atoms with van der Waals surface area (Å²) in [6.07, 6.45) is -4.64. The summed E-state index contributed by atoms with van der Waals surface area (Å²) in [5, 5.41) is 11.7. The van der Waals surface area contributed by atoms with E-state index in [1.54, 1.807) is 11.8 Å². The number of carbonyl (C=O) groups excluding carboxylic acids is 1. The minimum absolute atomic E-state index is 0.285. The molecule has 2 amide bonds. The van der Waals surface area contributed by atoms with Gasteiger partial charge in [0.25, 0.3) is 0 Å². The minimum atomic E-state index is -4.64. The third-order valence-electron chi connectivity index (χ3n) is 4.34. The number of nitrogens with zero attached hydrogens (tertiary/aromatic N) is 1. The molecule has 1 fully saturated rings. The van der Waals surface area contributed by atoms with Gasteiger partial charge < -0.3 is 15.3 Å². The highest BCUT2D eigenvalue weighted by Crippen LogP contribution is 2.39. The molecule has 0 aliphatic carbocycles. The molecule has 9 heteroatoms. The first-order valence-corrected chi connectivity index (χ1v) is 8.32. The van der Waals surface area contributed by atoms with E-state index < -0.39 is 43.1 Å². The van der Waals surface area contributed by atoms with Crippen LogP contribution in [-0.2, 0) is 4.79 Å². The Hall–Kier alpha value is -1.90. The number of hydrogen-bond acceptors (Lipinski definition) is 3. The summed E-state index contributed by atoms with van der Waals surface area (Å²) in [5.74, 6) is -4.59. The fraction of sp³-hybridized carbons (Fsp3) is 0.467. The fourth-order valence-corrected chi connectivity index (χ4v) is 4.23. The first-order valence-electron chi connectivity index (χ1n) is 7.34. The van der Waals surface area contributed by atoms with Crippen molar-refractivity contribution in [3.05, 3.63) is 29.8 Å². The molecule has 2 aliphatic rings. The van der Waals surface area contributed by atoms with E-state index in [0.717, 1.165) is 15.4 Å². The molecule has 0 spiro atoms. The van der Waals surface area contributed by atoms with Crippen LogP contribution in [0.15, 0.2) is 29.2 Å². The highest BCUT2D eigenvalue weighted by atomic mass is 32.2. The summed E-state index contributed by atoms with van der Waals surface area (Å²) in [4.78, 5) is 25.3. The second kappa shape index (κ2) is 6.19. The lowest BCUT2D eigenvalue weighted by Gasteiger charge is -2.21. The number of urea groups is 1. The first kappa shape index (κ1) is 16.9. The molecule has 130 valence electrons. The van der Waals surface area contributed by atoms with Gasteiger partial charge in [0.15, 0.2) is 0 Å². The molecule has 1 aromatic carbocycles. The molecule has 1 unspecified atom stereocenters. The van der Waals surface area contributed by atoms with E-state index in [1.807, 2.05) is 24.3 Å². The van der Waals surface area contributed by atoms with Gasteiger partial charge in [-0.25, -0.2) is 4.79 Å². The number of carboxylic acids is 1. The summed E-state index contributed by atoms with van der Waals surface area (Å²) >= 11 is 1.56. The van der Waals surface area contributed by atoms with Crippen LogP contribution in [0.25, 0.3) is 0 Å². The monoisotopic (exact) mass is 360 g/mol. The molecule has 5 nitrogen and oxygen atoms in total. The first-order chi connectivity index (χ1) is 11.3. The molecule has 2 aliphatic heterocycles. The number of halogens is 3. The third-order valence-corrected chi connectivity index (χ3v) is 5.53. The number of benzene rings is 1. The van der Waals surface area contributed by atoms with Crippen molar-refractivity contribution >= 4 is 23.8 Å². The van der Waals surface area contributed by atoms with Crippen LogP contribution >= 0.6 is 11.8 Å². The van der Waals surface area contributed by atoms with E-state index in [9.17, 15) is 22.8 Å². The Morgan fingerprint density at radius 1 is 1.25 bits per heavy atom. The zero-order valence-electron chi connectivity index (χ0n) is 12.4. The number of nitrogens with one attached hydrogen (secondary N) is 1. The number of rotatable bonds is 2. The molecule has 0 aromatic heterocycles. The van der Waals surface area contributed by atoms with Crippen molar-refractivity contribution in [3.8, 4) is 0 Å². The van der Waals surface area contributed by atoms with E-state index in [1.165, 1.54) is 0 Å². The van der Waals surface area contributed by atoms with Crippen LogP contribution in [0.5, 0.6) is 0 Å². The van der Waals surface area contributed by atoms with Crippen LogP contribution in [0.2, 0.25) is 0 Å². The summed E-state index contributed by atoms with van der Waals surface area (Å²) in [5.41, 5.74) is 0.928. The standard InChI is InChI=1S/C15H15F3N2O3S/c16-15(17,18)10-6-20(5-9(10)13(21)22)14(23)19-11-7-24-12-4-2-1-3-8(11)12/h1-4,9-11H,5-7H2,(H,19,23)(H,21,22)/t9-,10-,11?/m1/s1. The summed E-state index contributed by atoms with van der Waals surface area (Å²) in [7, 11) is 0. The van der Waals surface area contributed by atoms with Crippen molar-refractivity contribution in [1.82, 2.24) is 10.2 Å². The average molecular weight is 360 g/mol. The predicted molar refractivity (Wildman–Crippen MR) is 80.7 cm³/mol. The fourth-order valence-electron chi connectivity index (χ4n) is 3.07. The SMILES string of the molecule is O=C(O)[C@@H]1CN(C(=O)NC2CSc3ccccc32)C[C@H]1C(F)(F)F. The van der Waals surface area contributed by atoms with E-state index in [4.69, 9.17) is 5.11 Å². The van der Waals surface area contributed by atoms with Crippen LogP contribution in [0.3, 0.4) is 0 Å². The zero-order chi connectivity index (χ0) is 17.5. The highest BCUT2D eigenvalue weighted by Gasteiger charge is 2.53.